The molecule has 0 aliphatic heterocycles. The molecule has 0 fully saturated rings. The van der Waals surface area contributed by atoms with Crippen molar-refractivity contribution in [3.8, 4) is 0 Å². The molecule has 2 aromatic carbocycles. The Labute approximate surface area is 147 Å². The van der Waals surface area contributed by atoms with E-state index >= 15 is 0 Å². The zero-order valence-corrected chi connectivity index (χ0v) is 14.4. The monoisotopic (exact) mass is 331 g/mol. The van der Waals surface area contributed by atoms with Gasteiger partial charge in [0, 0.05) is 11.1 Å². The van der Waals surface area contributed by atoms with E-state index in [9.17, 15) is 4.79 Å². The second-order valence-corrected chi connectivity index (χ2v) is 6.84. The molecule has 3 aromatic rings. The number of hydrogen-bond acceptors (Lipinski definition) is 3. The lowest BCUT2D eigenvalue weighted by Crippen LogP contribution is -2.40. The van der Waals surface area contributed by atoms with Crippen molar-refractivity contribution in [3.05, 3.63) is 76.5 Å². The molecule has 25 heavy (non-hydrogen) atoms. The third kappa shape index (κ3) is 2.79. The highest BCUT2D eigenvalue weighted by Crippen LogP contribution is 2.30. The number of hydrogen-bond donors (Lipinski definition) is 2. The summed E-state index contributed by atoms with van der Waals surface area (Å²) in [4.78, 5) is 17.5. The first-order chi connectivity index (χ1) is 12.0. The number of nitrogens with one attached hydrogen (secondary N) is 1. The maximum atomic E-state index is 13.0. The van der Waals surface area contributed by atoms with E-state index in [-0.39, 0.29) is 18.0 Å². The third-order valence-corrected chi connectivity index (χ3v) is 4.94. The standard InChI is InChI=1S/C21H21N3O/c1-12-7-8-18-16(9-12)17(10-13(2)23-18)21(25)24-19-11-14-5-3-4-6-15(14)20(19)22/h3-10,19-20H,11,22H2,1-2H3,(H,24,25)/t19-,20-/m0/s1. The Kier molecular flexibility index (Phi) is 3.77. The fraction of sp³-hybridized carbons (Fsp3) is 0.238. The molecule has 126 valence electrons. The van der Waals surface area contributed by atoms with Crippen LogP contribution in [0.25, 0.3) is 10.9 Å². The Balaban J connectivity index is 1.66. The van der Waals surface area contributed by atoms with Crippen molar-refractivity contribution < 1.29 is 4.79 Å². The zero-order chi connectivity index (χ0) is 17.6. The van der Waals surface area contributed by atoms with Crippen LogP contribution in [0, 0.1) is 13.8 Å². The van der Waals surface area contributed by atoms with Gasteiger partial charge in [-0.25, -0.2) is 0 Å². The van der Waals surface area contributed by atoms with Gasteiger partial charge < -0.3 is 11.1 Å². The second kappa shape index (κ2) is 5.97. The van der Waals surface area contributed by atoms with Gasteiger partial charge in [0.1, 0.15) is 0 Å². The van der Waals surface area contributed by atoms with E-state index < -0.39 is 0 Å². The second-order valence-electron chi connectivity index (χ2n) is 6.84. The molecule has 0 saturated carbocycles. The molecule has 1 aliphatic carbocycles. The van der Waals surface area contributed by atoms with Gasteiger partial charge in [0.2, 0.25) is 0 Å². The van der Waals surface area contributed by atoms with E-state index in [0.29, 0.717) is 5.56 Å². The SMILES string of the molecule is Cc1ccc2nc(C)cc(C(=O)N[C@H]3Cc4ccccc4[C@@H]3N)c2c1. The van der Waals surface area contributed by atoms with Crippen LogP contribution in [0.15, 0.2) is 48.5 Å². The summed E-state index contributed by atoms with van der Waals surface area (Å²) in [6, 6.07) is 15.7. The highest BCUT2D eigenvalue weighted by atomic mass is 16.1. The van der Waals surface area contributed by atoms with E-state index in [2.05, 4.69) is 16.4 Å². The third-order valence-electron chi connectivity index (χ3n) is 4.94. The van der Waals surface area contributed by atoms with Gasteiger partial charge in [-0.05, 0) is 49.6 Å². The number of carbonyl (C=O) groups is 1. The Morgan fingerprint density at radius 2 is 1.96 bits per heavy atom. The van der Waals surface area contributed by atoms with Gasteiger partial charge in [0.25, 0.3) is 5.91 Å². The molecule has 1 aromatic heterocycles. The summed E-state index contributed by atoms with van der Waals surface area (Å²) in [5, 5.41) is 4.02. The number of carbonyl (C=O) groups excluding carboxylic acids is 1. The van der Waals surface area contributed by atoms with Crippen molar-refractivity contribution in [1.29, 1.82) is 0 Å². The number of nitrogens with two attached hydrogens (primary N) is 1. The number of aromatic nitrogens is 1. The lowest BCUT2D eigenvalue weighted by Gasteiger charge is -2.19. The summed E-state index contributed by atoms with van der Waals surface area (Å²) in [7, 11) is 0. The summed E-state index contributed by atoms with van der Waals surface area (Å²) >= 11 is 0. The summed E-state index contributed by atoms with van der Waals surface area (Å²) in [6.45, 7) is 3.93. The number of nitrogens with zero attached hydrogens (tertiary/aromatic N) is 1. The number of pyridine rings is 1. The zero-order valence-electron chi connectivity index (χ0n) is 14.4. The molecule has 0 radical (unpaired) electrons. The lowest BCUT2D eigenvalue weighted by molar-refractivity contribution is 0.0935. The maximum absolute atomic E-state index is 13.0. The van der Waals surface area contributed by atoms with Crippen LogP contribution < -0.4 is 11.1 Å². The first-order valence-electron chi connectivity index (χ1n) is 8.55. The maximum Gasteiger partial charge on any atom is 0.252 e. The molecule has 4 rings (SSSR count). The van der Waals surface area contributed by atoms with E-state index in [4.69, 9.17) is 5.73 Å². The van der Waals surface area contributed by atoms with Crippen LogP contribution in [0.3, 0.4) is 0 Å². The van der Waals surface area contributed by atoms with Crippen LogP contribution in [0.4, 0.5) is 0 Å². The molecule has 2 atom stereocenters. The van der Waals surface area contributed by atoms with Crippen molar-refractivity contribution >= 4 is 16.8 Å². The van der Waals surface area contributed by atoms with Crippen molar-refractivity contribution in [2.75, 3.05) is 0 Å². The number of rotatable bonds is 2. The van der Waals surface area contributed by atoms with Crippen molar-refractivity contribution in [1.82, 2.24) is 10.3 Å². The van der Waals surface area contributed by atoms with Crippen LogP contribution in [0.5, 0.6) is 0 Å². The van der Waals surface area contributed by atoms with Gasteiger partial charge in [-0.1, -0.05) is 35.9 Å². The van der Waals surface area contributed by atoms with Crippen LogP contribution in [0.1, 0.15) is 38.8 Å². The number of benzene rings is 2. The fourth-order valence-electron chi connectivity index (χ4n) is 3.67. The Morgan fingerprint density at radius 1 is 1.16 bits per heavy atom. The molecular weight excluding hydrogens is 310 g/mol. The minimum atomic E-state index is -0.170. The number of aryl methyl sites for hydroxylation is 2. The molecule has 4 heteroatoms. The molecule has 4 nitrogen and oxygen atoms in total. The average molecular weight is 331 g/mol. The highest BCUT2D eigenvalue weighted by Gasteiger charge is 2.31. The fourth-order valence-corrected chi connectivity index (χ4v) is 3.67. The van der Waals surface area contributed by atoms with Crippen LogP contribution in [0.2, 0.25) is 0 Å². The average Bonchev–Trinajstić information content (AvgIpc) is 2.91. The van der Waals surface area contributed by atoms with Crippen molar-refractivity contribution in [2.24, 2.45) is 5.73 Å². The minimum Gasteiger partial charge on any atom is -0.347 e. The Hall–Kier alpha value is -2.72. The largest absolute Gasteiger partial charge is 0.347 e. The molecule has 0 spiro atoms. The molecule has 0 bridgehead atoms. The summed E-state index contributed by atoms with van der Waals surface area (Å²) in [5.41, 5.74) is 12.1. The summed E-state index contributed by atoms with van der Waals surface area (Å²) in [6.07, 6.45) is 0.768. The molecule has 1 amide bonds. The first kappa shape index (κ1) is 15.8. The van der Waals surface area contributed by atoms with Crippen molar-refractivity contribution in [3.63, 3.8) is 0 Å². The van der Waals surface area contributed by atoms with Crippen molar-refractivity contribution in [2.45, 2.75) is 32.4 Å². The van der Waals surface area contributed by atoms with Crippen LogP contribution >= 0.6 is 0 Å². The van der Waals surface area contributed by atoms with Gasteiger partial charge in [0.15, 0.2) is 0 Å². The van der Waals surface area contributed by atoms with E-state index in [1.807, 2.05) is 56.3 Å². The molecule has 0 saturated heterocycles. The normalized spacial score (nSPS) is 19.0. The molecule has 3 N–H and O–H groups in total. The Bertz CT molecular complexity index is 980. The molecule has 1 heterocycles. The highest BCUT2D eigenvalue weighted by molar-refractivity contribution is 6.06. The first-order valence-corrected chi connectivity index (χ1v) is 8.55. The van der Waals surface area contributed by atoms with Gasteiger partial charge >= 0.3 is 0 Å². The Morgan fingerprint density at radius 3 is 2.76 bits per heavy atom. The predicted molar refractivity (Wildman–Crippen MR) is 99.5 cm³/mol. The molecular formula is C21H21N3O. The van der Waals surface area contributed by atoms with Gasteiger partial charge in [-0.15, -0.1) is 0 Å². The van der Waals surface area contributed by atoms with E-state index in [1.165, 1.54) is 5.56 Å². The van der Waals surface area contributed by atoms with Gasteiger partial charge in [-0.2, -0.15) is 0 Å². The van der Waals surface area contributed by atoms with Crippen LogP contribution in [-0.4, -0.2) is 16.9 Å². The van der Waals surface area contributed by atoms with E-state index in [1.54, 1.807) is 0 Å². The van der Waals surface area contributed by atoms with E-state index in [0.717, 1.165) is 34.1 Å². The topological polar surface area (TPSA) is 68.0 Å². The smallest absolute Gasteiger partial charge is 0.252 e. The number of amides is 1. The van der Waals surface area contributed by atoms with Gasteiger partial charge in [0.05, 0.1) is 23.2 Å². The number of fused-ring (bicyclic) bond motifs is 2. The molecule has 0 unspecified atom stereocenters. The lowest BCUT2D eigenvalue weighted by atomic mass is 10.0. The molecule has 1 aliphatic rings. The summed E-state index contributed by atoms with van der Waals surface area (Å²) in [5.74, 6) is -0.0886. The minimum absolute atomic E-state index is 0.0850. The predicted octanol–water partition coefficient (Wildman–Crippen LogP) is 3.21. The quantitative estimate of drug-likeness (QED) is 0.758. The van der Waals surface area contributed by atoms with Gasteiger partial charge in [-0.3, -0.25) is 9.78 Å². The summed E-state index contributed by atoms with van der Waals surface area (Å²) < 4.78 is 0. The van der Waals surface area contributed by atoms with Crippen LogP contribution in [-0.2, 0) is 6.42 Å².